The van der Waals surface area contributed by atoms with Gasteiger partial charge < -0.3 is 26.0 Å². The molecule has 10 heteroatoms. The van der Waals surface area contributed by atoms with Crippen LogP contribution in [0.4, 0.5) is 11.8 Å². The van der Waals surface area contributed by atoms with Crippen molar-refractivity contribution in [1.82, 2.24) is 19.9 Å². The van der Waals surface area contributed by atoms with Crippen LogP contribution in [0.5, 0.6) is 0 Å². The molecule has 0 amide bonds. The Bertz CT molecular complexity index is 1420. The van der Waals surface area contributed by atoms with Crippen LogP contribution in [-0.4, -0.2) is 66.2 Å². The quantitative estimate of drug-likeness (QED) is 0.222. The third-order valence-electron chi connectivity index (χ3n) is 8.38. The predicted molar refractivity (Wildman–Crippen MR) is 153 cm³/mol. The first-order chi connectivity index (χ1) is 18.8. The van der Waals surface area contributed by atoms with Crippen molar-refractivity contribution >= 4 is 33.3 Å². The fraction of sp³-hybridized carbons (Fsp3) is 0.448. The van der Waals surface area contributed by atoms with Gasteiger partial charge in [-0.3, -0.25) is 4.98 Å². The second-order valence-electron chi connectivity index (χ2n) is 11.1. The highest BCUT2D eigenvalue weighted by Crippen LogP contribution is 2.42. The molecule has 6 rings (SSSR count). The first-order valence-corrected chi connectivity index (χ1v) is 14.3. The third-order valence-corrected chi connectivity index (χ3v) is 9.44. The average molecular weight is 547 g/mol. The molecular formula is C29H34N6O3S. The highest BCUT2D eigenvalue weighted by Gasteiger charge is 2.50. The molecule has 2 saturated carbocycles. The van der Waals surface area contributed by atoms with Gasteiger partial charge in [-0.1, -0.05) is 30.3 Å². The van der Waals surface area contributed by atoms with Gasteiger partial charge in [0.25, 0.3) is 0 Å². The summed E-state index contributed by atoms with van der Waals surface area (Å²) in [6, 6.07) is 12.1. The fourth-order valence-corrected chi connectivity index (χ4v) is 6.96. The van der Waals surface area contributed by atoms with E-state index in [0.717, 1.165) is 45.9 Å². The van der Waals surface area contributed by atoms with E-state index in [2.05, 4.69) is 45.9 Å². The van der Waals surface area contributed by atoms with Gasteiger partial charge >= 0.3 is 0 Å². The highest BCUT2D eigenvalue weighted by atomic mass is 32.1. The van der Waals surface area contributed by atoms with Crippen LogP contribution in [0.25, 0.3) is 20.8 Å². The zero-order valence-electron chi connectivity index (χ0n) is 22.1. The molecule has 9 nitrogen and oxygen atoms in total. The van der Waals surface area contributed by atoms with Crippen molar-refractivity contribution < 1.29 is 15.3 Å². The van der Waals surface area contributed by atoms with Crippen molar-refractivity contribution in [1.29, 1.82) is 0 Å². The number of nitrogens with zero attached hydrogens (tertiary/aromatic N) is 4. The Morgan fingerprint density at radius 2 is 1.87 bits per heavy atom. The van der Waals surface area contributed by atoms with Crippen molar-refractivity contribution in [2.24, 2.45) is 11.8 Å². The van der Waals surface area contributed by atoms with Crippen LogP contribution in [0.3, 0.4) is 0 Å². The van der Waals surface area contributed by atoms with E-state index in [1.54, 1.807) is 19.3 Å². The predicted octanol–water partition coefficient (Wildman–Crippen LogP) is 3.97. The van der Waals surface area contributed by atoms with Crippen molar-refractivity contribution in [2.45, 2.75) is 56.8 Å². The van der Waals surface area contributed by atoms with Crippen molar-refractivity contribution in [3.05, 3.63) is 60.0 Å². The van der Waals surface area contributed by atoms with Gasteiger partial charge in [-0.25, -0.2) is 9.97 Å². The molecule has 0 saturated heterocycles. The number of hydrogen-bond acceptors (Lipinski definition) is 10. The Morgan fingerprint density at radius 1 is 1.08 bits per heavy atom. The maximum Gasteiger partial charge on any atom is 0.224 e. The van der Waals surface area contributed by atoms with Gasteiger partial charge in [0.15, 0.2) is 0 Å². The van der Waals surface area contributed by atoms with Gasteiger partial charge in [-0.15, -0.1) is 11.3 Å². The van der Waals surface area contributed by atoms with E-state index in [0.29, 0.717) is 30.0 Å². The topological polar surface area (TPSA) is 136 Å². The molecular weight excluding hydrogens is 512 g/mol. The Hall–Kier alpha value is -3.18. The van der Waals surface area contributed by atoms with E-state index in [-0.39, 0.29) is 6.61 Å². The number of pyridine rings is 1. The fourth-order valence-electron chi connectivity index (χ4n) is 5.93. The third kappa shape index (κ3) is 4.98. The molecule has 204 valence electrons. The lowest BCUT2D eigenvalue weighted by atomic mass is 9.71. The van der Waals surface area contributed by atoms with Crippen molar-refractivity contribution in [2.75, 3.05) is 23.8 Å². The van der Waals surface area contributed by atoms with Crippen LogP contribution >= 0.6 is 11.3 Å². The normalized spacial score (nSPS) is 28.4. The SMILES string of the molecule is Cc1nc(NCC2CC(c3ccccc3)C2)nc(N[C@@H]2C[C@H](CO)[C@@H](O)[C@@]2(C)O)c1-c1nc2cnccc2s1. The summed E-state index contributed by atoms with van der Waals surface area (Å²) in [6.07, 6.45) is 5.10. The van der Waals surface area contributed by atoms with Gasteiger partial charge in [0.05, 0.1) is 34.3 Å². The van der Waals surface area contributed by atoms with Crippen LogP contribution in [0.2, 0.25) is 0 Å². The zero-order chi connectivity index (χ0) is 27.1. The number of aromatic nitrogens is 4. The van der Waals surface area contributed by atoms with Crippen molar-refractivity contribution in [3.63, 3.8) is 0 Å². The van der Waals surface area contributed by atoms with E-state index < -0.39 is 23.7 Å². The number of benzene rings is 1. The average Bonchev–Trinajstić information content (AvgIpc) is 3.42. The Labute approximate surface area is 231 Å². The van der Waals surface area contributed by atoms with E-state index in [1.807, 2.05) is 13.0 Å². The molecule has 3 heterocycles. The van der Waals surface area contributed by atoms with Gasteiger partial charge in [-0.2, -0.15) is 4.98 Å². The molecule has 2 aliphatic carbocycles. The molecule has 0 radical (unpaired) electrons. The number of aryl methyl sites for hydroxylation is 1. The molecule has 5 N–H and O–H groups in total. The minimum Gasteiger partial charge on any atom is -0.396 e. The number of fused-ring (bicyclic) bond motifs is 1. The van der Waals surface area contributed by atoms with Gasteiger partial charge in [-0.05, 0) is 56.6 Å². The summed E-state index contributed by atoms with van der Waals surface area (Å²) in [6.45, 7) is 4.11. The molecule has 0 spiro atoms. The molecule has 3 aromatic heterocycles. The minimum atomic E-state index is -1.44. The van der Waals surface area contributed by atoms with Crippen molar-refractivity contribution in [3.8, 4) is 10.6 Å². The first-order valence-electron chi connectivity index (χ1n) is 13.5. The van der Waals surface area contributed by atoms with Crippen LogP contribution < -0.4 is 10.6 Å². The lowest BCUT2D eigenvalue weighted by Gasteiger charge is -2.36. The summed E-state index contributed by atoms with van der Waals surface area (Å²) in [7, 11) is 0. The molecule has 0 unspecified atom stereocenters. The second kappa shape index (κ2) is 10.4. The molecule has 0 aliphatic heterocycles. The van der Waals surface area contributed by atoms with Gasteiger partial charge in [0.2, 0.25) is 5.95 Å². The Balaban J connectivity index is 1.26. The molecule has 0 bridgehead atoms. The molecule has 39 heavy (non-hydrogen) atoms. The molecule has 4 aromatic rings. The van der Waals surface area contributed by atoms with Gasteiger partial charge in [0.1, 0.15) is 21.9 Å². The molecule has 2 aliphatic rings. The summed E-state index contributed by atoms with van der Waals surface area (Å²) in [5.74, 6) is 1.78. The zero-order valence-corrected chi connectivity index (χ0v) is 22.9. The van der Waals surface area contributed by atoms with Crippen LogP contribution in [0, 0.1) is 18.8 Å². The van der Waals surface area contributed by atoms with Gasteiger partial charge in [0, 0.05) is 25.3 Å². The number of anilines is 2. The summed E-state index contributed by atoms with van der Waals surface area (Å²) in [5.41, 5.74) is 2.27. The smallest absolute Gasteiger partial charge is 0.224 e. The number of thiazole rings is 1. The summed E-state index contributed by atoms with van der Waals surface area (Å²) >= 11 is 1.53. The van der Waals surface area contributed by atoms with E-state index in [9.17, 15) is 15.3 Å². The van der Waals surface area contributed by atoms with Crippen LogP contribution in [-0.2, 0) is 0 Å². The summed E-state index contributed by atoms with van der Waals surface area (Å²) in [5, 5.41) is 39.1. The standard InChI is InChI=1S/C29H34N6O3S/c1-16-24(27-33-21-14-30-9-8-22(21)39-27)26(34-23-12-20(15-36)25(37)29(23,2)38)35-28(32-16)31-13-17-10-19(11-17)18-6-4-3-5-7-18/h3-9,14,17,19-20,23,25,36-38H,10-13,15H2,1-2H3,(H2,31,32,34,35)/t17?,19?,20-,23-,25-,29+/m1/s1. The second-order valence-corrected chi connectivity index (χ2v) is 12.1. The Kier molecular flexibility index (Phi) is 6.96. The summed E-state index contributed by atoms with van der Waals surface area (Å²) < 4.78 is 1.01. The van der Waals surface area contributed by atoms with E-state index >= 15 is 0 Å². The van der Waals surface area contributed by atoms with Crippen LogP contribution in [0.1, 0.15) is 43.4 Å². The lowest BCUT2D eigenvalue weighted by molar-refractivity contribution is -0.0647. The monoisotopic (exact) mass is 546 g/mol. The number of rotatable bonds is 8. The maximum absolute atomic E-state index is 11.1. The lowest BCUT2D eigenvalue weighted by Crippen LogP contribution is -2.48. The first kappa shape index (κ1) is 26.1. The maximum atomic E-state index is 11.1. The number of aliphatic hydroxyl groups is 3. The number of nitrogens with one attached hydrogen (secondary N) is 2. The largest absolute Gasteiger partial charge is 0.396 e. The summed E-state index contributed by atoms with van der Waals surface area (Å²) in [4.78, 5) is 18.6. The number of aliphatic hydroxyl groups excluding tert-OH is 2. The number of hydrogen-bond donors (Lipinski definition) is 5. The molecule has 2 fully saturated rings. The van der Waals surface area contributed by atoms with Crippen LogP contribution in [0.15, 0.2) is 48.8 Å². The van der Waals surface area contributed by atoms with E-state index in [1.165, 1.54) is 16.9 Å². The minimum absolute atomic E-state index is 0.200. The van der Waals surface area contributed by atoms with E-state index in [4.69, 9.17) is 15.0 Å². The highest BCUT2D eigenvalue weighted by molar-refractivity contribution is 7.21. The Morgan fingerprint density at radius 3 is 2.59 bits per heavy atom. The molecule has 1 aromatic carbocycles. The molecule has 4 atom stereocenters.